The highest BCUT2D eigenvalue weighted by molar-refractivity contribution is 5.95. The lowest BCUT2D eigenvalue weighted by atomic mass is 9.86. The molecule has 1 N–H and O–H groups in total. The van der Waals surface area contributed by atoms with E-state index in [0.717, 1.165) is 27.8 Å². The molecule has 4 rings (SSSR count). The molecule has 1 amide bonds. The molecule has 4 aromatic rings. The summed E-state index contributed by atoms with van der Waals surface area (Å²) in [7, 11) is 0. The number of hydrogen-bond acceptors (Lipinski definition) is 3. The molecule has 0 bridgehead atoms. The van der Waals surface area contributed by atoms with Crippen molar-refractivity contribution >= 4 is 16.9 Å². The summed E-state index contributed by atoms with van der Waals surface area (Å²) < 4.78 is 15.0. The first-order chi connectivity index (χ1) is 15.6. The van der Waals surface area contributed by atoms with Crippen LogP contribution in [0.25, 0.3) is 22.2 Å². The molecule has 2 heterocycles. The number of aromatic nitrogens is 3. The highest BCUT2D eigenvalue weighted by atomic mass is 19.1. The van der Waals surface area contributed by atoms with Crippen molar-refractivity contribution < 1.29 is 9.18 Å². The molecule has 0 saturated carbocycles. The highest BCUT2D eigenvalue weighted by Gasteiger charge is 2.18. The Morgan fingerprint density at radius 2 is 1.73 bits per heavy atom. The van der Waals surface area contributed by atoms with Crippen LogP contribution in [0.5, 0.6) is 0 Å². The summed E-state index contributed by atoms with van der Waals surface area (Å²) in [5.41, 5.74) is 5.59. The maximum absolute atomic E-state index is 13.4. The second-order valence-electron chi connectivity index (χ2n) is 9.47. The van der Waals surface area contributed by atoms with Gasteiger partial charge in [-0.3, -0.25) is 4.79 Å². The van der Waals surface area contributed by atoms with Gasteiger partial charge < -0.3 is 5.32 Å². The molecule has 0 radical (unpaired) electrons. The van der Waals surface area contributed by atoms with E-state index in [4.69, 9.17) is 0 Å². The summed E-state index contributed by atoms with van der Waals surface area (Å²) >= 11 is 0. The Morgan fingerprint density at radius 3 is 2.36 bits per heavy atom. The van der Waals surface area contributed by atoms with Crippen LogP contribution in [-0.4, -0.2) is 20.7 Å². The number of fused-ring (bicyclic) bond motifs is 1. The Hall–Kier alpha value is -3.54. The van der Waals surface area contributed by atoms with Crippen LogP contribution in [0, 0.1) is 12.7 Å². The topological polar surface area (TPSA) is 59.8 Å². The van der Waals surface area contributed by atoms with Gasteiger partial charge in [0.2, 0.25) is 5.91 Å². The van der Waals surface area contributed by atoms with Crippen LogP contribution in [0.3, 0.4) is 0 Å². The van der Waals surface area contributed by atoms with Crippen molar-refractivity contribution in [1.29, 1.82) is 0 Å². The average Bonchev–Trinajstić information content (AvgIpc) is 3.09. The Labute approximate surface area is 193 Å². The van der Waals surface area contributed by atoms with Gasteiger partial charge in [0.25, 0.3) is 0 Å². The lowest BCUT2D eigenvalue weighted by molar-refractivity contribution is -0.122. The van der Waals surface area contributed by atoms with Crippen molar-refractivity contribution in [3.8, 4) is 11.1 Å². The van der Waals surface area contributed by atoms with Crippen LogP contribution in [-0.2, 0) is 16.8 Å². The molecule has 1 atom stereocenters. The van der Waals surface area contributed by atoms with E-state index in [2.05, 4.69) is 60.4 Å². The van der Waals surface area contributed by atoms with Crippen LogP contribution in [0.15, 0.2) is 60.8 Å². The largest absolute Gasteiger partial charge is 0.348 e. The van der Waals surface area contributed by atoms with E-state index in [1.807, 2.05) is 19.9 Å². The number of nitrogens with one attached hydrogen (secondary N) is 1. The number of halogens is 1. The third-order valence-corrected chi connectivity index (χ3v) is 5.91. The van der Waals surface area contributed by atoms with E-state index in [1.165, 1.54) is 17.7 Å². The standard InChI is InChI=1S/C27H29FN4O/c1-17(19-6-10-21(11-7-19)27(3,4)5)30-24(33)16-32-26-25(18(2)31-32)23(14-15-29-26)20-8-12-22(28)13-9-20/h6-15,17H,16H2,1-5H3,(H,30,33). The van der Waals surface area contributed by atoms with E-state index in [1.54, 1.807) is 23.0 Å². The molecule has 5 nitrogen and oxygen atoms in total. The summed E-state index contributed by atoms with van der Waals surface area (Å²) in [6.45, 7) is 10.5. The Bertz CT molecular complexity index is 1280. The lowest BCUT2D eigenvalue weighted by Crippen LogP contribution is -2.30. The number of carbonyl (C=O) groups is 1. The summed E-state index contributed by atoms with van der Waals surface area (Å²) in [4.78, 5) is 17.3. The number of aryl methyl sites for hydroxylation is 1. The Morgan fingerprint density at radius 1 is 1.06 bits per heavy atom. The van der Waals surface area contributed by atoms with Crippen molar-refractivity contribution in [3.63, 3.8) is 0 Å². The normalized spacial score (nSPS) is 12.7. The maximum Gasteiger partial charge on any atom is 0.242 e. The van der Waals surface area contributed by atoms with Crippen molar-refractivity contribution in [2.75, 3.05) is 0 Å². The van der Waals surface area contributed by atoms with E-state index in [0.29, 0.717) is 5.65 Å². The minimum atomic E-state index is -0.282. The second kappa shape index (κ2) is 8.77. The van der Waals surface area contributed by atoms with Crippen LogP contribution in [0.2, 0.25) is 0 Å². The fourth-order valence-corrected chi connectivity index (χ4v) is 4.04. The molecule has 2 aromatic heterocycles. The summed E-state index contributed by atoms with van der Waals surface area (Å²) in [6, 6.07) is 16.5. The van der Waals surface area contributed by atoms with Gasteiger partial charge in [0.05, 0.1) is 11.7 Å². The number of carbonyl (C=O) groups excluding carboxylic acids is 1. The molecule has 0 fully saturated rings. The van der Waals surface area contributed by atoms with Gasteiger partial charge in [-0.2, -0.15) is 5.10 Å². The fourth-order valence-electron chi connectivity index (χ4n) is 4.04. The van der Waals surface area contributed by atoms with Crippen LogP contribution in [0.4, 0.5) is 4.39 Å². The smallest absolute Gasteiger partial charge is 0.242 e. The van der Waals surface area contributed by atoms with E-state index in [9.17, 15) is 9.18 Å². The molecular weight excluding hydrogens is 415 g/mol. The first kappa shape index (κ1) is 22.6. The van der Waals surface area contributed by atoms with Gasteiger partial charge in [-0.05, 0) is 59.7 Å². The van der Waals surface area contributed by atoms with Gasteiger partial charge in [-0.25, -0.2) is 14.1 Å². The summed E-state index contributed by atoms with van der Waals surface area (Å²) in [5, 5.41) is 8.50. The first-order valence-corrected chi connectivity index (χ1v) is 11.1. The van der Waals surface area contributed by atoms with Crippen molar-refractivity contribution in [2.45, 2.75) is 52.6 Å². The Kier molecular flexibility index (Phi) is 6.02. The van der Waals surface area contributed by atoms with Crippen molar-refractivity contribution in [2.24, 2.45) is 0 Å². The minimum Gasteiger partial charge on any atom is -0.348 e. The van der Waals surface area contributed by atoms with Gasteiger partial charge in [0, 0.05) is 11.6 Å². The van der Waals surface area contributed by atoms with E-state index in [-0.39, 0.29) is 29.7 Å². The summed E-state index contributed by atoms with van der Waals surface area (Å²) in [6.07, 6.45) is 1.69. The van der Waals surface area contributed by atoms with E-state index < -0.39 is 0 Å². The number of hydrogen-bond donors (Lipinski definition) is 1. The van der Waals surface area contributed by atoms with Gasteiger partial charge in [-0.15, -0.1) is 0 Å². The average molecular weight is 445 g/mol. The molecule has 0 aliphatic rings. The second-order valence-corrected chi connectivity index (χ2v) is 9.47. The molecular formula is C27H29FN4O. The van der Waals surface area contributed by atoms with Gasteiger partial charge >= 0.3 is 0 Å². The number of nitrogens with zero attached hydrogens (tertiary/aromatic N) is 3. The minimum absolute atomic E-state index is 0.0641. The predicted molar refractivity (Wildman–Crippen MR) is 129 cm³/mol. The van der Waals surface area contributed by atoms with Crippen LogP contribution < -0.4 is 5.32 Å². The van der Waals surface area contributed by atoms with Gasteiger partial charge in [0.15, 0.2) is 5.65 Å². The molecule has 170 valence electrons. The Balaban J connectivity index is 1.54. The van der Waals surface area contributed by atoms with Crippen molar-refractivity contribution in [3.05, 3.63) is 83.4 Å². The fraction of sp³-hybridized carbons (Fsp3) is 0.296. The van der Waals surface area contributed by atoms with Crippen molar-refractivity contribution in [1.82, 2.24) is 20.1 Å². The molecule has 0 aliphatic heterocycles. The van der Waals surface area contributed by atoms with Gasteiger partial charge in [0.1, 0.15) is 12.4 Å². The van der Waals surface area contributed by atoms with Crippen LogP contribution in [0.1, 0.15) is 50.6 Å². The zero-order valence-corrected chi connectivity index (χ0v) is 19.7. The first-order valence-electron chi connectivity index (χ1n) is 11.1. The highest BCUT2D eigenvalue weighted by Crippen LogP contribution is 2.30. The number of amides is 1. The molecule has 6 heteroatoms. The quantitative estimate of drug-likeness (QED) is 0.428. The lowest BCUT2D eigenvalue weighted by Gasteiger charge is -2.20. The monoisotopic (exact) mass is 444 g/mol. The number of benzene rings is 2. The number of rotatable bonds is 5. The third kappa shape index (κ3) is 4.80. The maximum atomic E-state index is 13.4. The van der Waals surface area contributed by atoms with E-state index >= 15 is 0 Å². The summed E-state index contributed by atoms with van der Waals surface area (Å²) in [5.74, 6) is -0.420. The number of pyridine rings is 1. The molecule has 1 unspecified atom stereocenters. The molecule has 0 saturated heterocycles. The molecule has 0 spiro atoms. The van der Waals surface area contributed by atoms with Gasteiger partial charge in [-0.1, -0.05) is 57.2 Å². The molecule has 33 heavy (non-hydrogen) atoms. The zero-order chi connectivity index (χ0) is 23.8. The third-order valence-electron chi connectivity index (χ3n) is 5.91. The zero-order valence-electron chi connectivity index (χ0n) is 19.7. The molecule has 0 aliphatic carbocycles. The SMILES string of the molecule is Cc1nn(CC(=O)NC(C)c2ccc(C(C)(C)C)cc2)c2nccc(-c3ccc(F)cc3)c12. The predicted octanol–water partition coefficient (Wildman–Crippen LogP) is 5.72. The molecule has 2 aromatic carbocycles. The van der Waals surface area contributed by atoms with Crippen LogP contribution >= 0.6 is 0 Å².